The van der Waals surface area contributed by atoms with Crippen LogP contribution in [0.3, 0.4) is 0 Å². The molecule has 2 aliphatic rings. The Morgan fingerprint density at radius 3 is 2.60 bits per heavy atom. The van der Waals surface area contributed by atoms with Crippen LogP contribution in [0.2, 0.25) is 0 Å². The molecule has 1 heterocycles. The number of urea groups is 1. The van der Waals surface area contributed by atoms with Crippen molar-refractivity contribution in [2.24, 2.45) is 0 Å². The smallest absolute Gasteiger partial charge is 0.318 e. The van der Waals surface area contributed by atoms with Crippen LogP contribution in [0.5, 0.6) is 0 Å². The van der Waals surface area contributed by atoms with E-state index in [0.29, 0.717) is 5.25 Å². The molecule has 2 amide bonds. The van der Waals surface area contributed by atoms with Crippen LogP contribution in [0.25, 0.3) is 0 Å². The average Bonchev–Trinajstić information content (AvgIpc) is 2.79. The Balaban J connectivity index is 2.03. The van der Waals surface area contributed by atoms with Crippen molar-refractivity contribution in [1.82, 2.24) is 10.2 Å². The minimum Gasteiger partial charge on any atom is -0.481 e. The monoisotopic (exact) mass is 300 g/mol. The van der Waals surface area contributed by atoms with E-state index in [0.717, 1.165) is 38.0 Å². The van der Waals surface area contributed by atoms with Crippen LogP contribution < -0.4 is 5.32 Å². The second-order valence-electron chi connectivity index (χ2n) is 6.00. The van der Waals surface area contributed by atoms with Gasteiger partial charge >= 0.3 is 12.0 Å². The molecule has 1 saturated heterocycles. The van der Waals surface area contributed by atoms with Gasteiger partial charge < -0.3 is 15.3 Å². The van der Waals surface area contributed by atoms with E-state index in [1.807, 2.05) is 16.7 Å². The Morgan fingerprint density at radius 1 is 1.35 bits per heavy atom. The summed E-state index contributed by atoms with van der Waals surface area (Å²) in [7, 11) is 0. The van der Waals surface area contributed by atoms with Gasteiger partial charge in [-0.25, -0.2) is 4.79 Å². The summed E-state index contributed by atoms with van der Waals surface area (Å²) in [6, 6.07) is 0.102. The molecule has 0 aromatic heterocycles. The fourth-order valence-corrected chi connectivity index (χ4v) is 4.30. The summed E-state index contributed by atoms with van der Waals surface area (Å²) in [6.07, 6.45) is 3.57. The number of nitrogens with one attached hydrogen (secondary N) is 1. The lowest BCUT2D eigenvalue weighted by atomic mass is 9.93. The summed E-state index contributed by atoms with van der Waals surface area (Å²) >= 11 is 1.88. The van der Waals surface area contributed by atoms with Gasteiger partial charge in [0.1, 0.15) is 0 Å². The van der Waals surface area contributed by atoms with E-state index in [1.165, 1.54) is 0 Å². The molecule has 0 aromatic carbocycles. The number of aliphatic carboxylic acids is 1. The Hall–Kier alpha value is -0.910. The first-order chi connectivity index (χ1) is 9.43. The van der Waals surface area contributed by atoms with Gasteiger partial charge in [-0.1, -0.05) is 19.8 Å². The molecule has 5 nitrogen and oxygen atoms in total. The number of carboxylic acid groups (broad SMARTS) is 1. The number of hydrogen-bond donors (Lipinski definition) is 2. The topological polar surface area (TPSA) is 69.6 Å². The molecule has 2 unspecified atom stereocenters. The summed E-state index contributed by atoms with van der Waals surface area (Å²) in [6.45, 7) is 4.94. The summed E-state index contributed by atoms with van der Waals surface area (Å²) in [5, 5.41) is 12.6. The molecule has 2 rings (SSSR count). The van der Waals surface area contributed by atoms with Crippen LogP contribution >= 0.6 is 11.8 Å². The number of nitrogens with zero attached hydrogens (tertiary/aromatic N) is 1. The van der Waals surface area contributed by atoms with Gasteiger partial charge in [0.05, 0.1) is 12.0 Å². The third-order valence-corrected chi connectivity index (χ3v) is 5.91. The van der Waals surface area contributed by atoms with E-state index < -0.39 is 11.5 Å². The second-order valence-corrected chi connectivity index (χ2v) is 7.48. The zero-order valence-electron chi connectivity index (χ0n) is 12.2. The van der Waals surface area contributed by atoms with E-state index in [2.05, 4.69) is 19.2 Å². The lowest BCUT2D eigenvalue weighted by Gasteiger charge is -2.40. The summed E-state index contributed by atoms with van der Waals surface area (Å²) in [4.78, 5) is 25.4. The molecule has 2 fully saturated rings. The maximum absolute atomic E-state index is 12.5. The number of hydrogen-bond acceptors (Lipinski definition) is 3. The molecular weight excluding hydrogens is 276 g/mol. The summed E-state index contributed by atoms with van der Waals surface area (Å²) in [5.74, 6) is 0.119. The molecular formula is C14H24N2O3S. The van der Waals surface area contributed by atoms with Crippen molar-refractivity contribution < 1.29 is 14.7 Å². The maximum Gasteiger partial charge on any atom is 0.318 e. The largest absolute Gasteiger partial charge is 0.481 e. The van der Waals surface area contributed by atoms with E-state index in [1.54, 1.807) is 0 Å². The van der Waals surface area contributed by atoms with E-state index >= 15 is 0 Å². The van der Waals surface area contributed by atoms with Gasteiger partial charge in [-0.2, -0.15) is 11.8 Å². The minimum absolute atomic E-state index is 0.0330. The quantitative estimate of drug-likeness (QED) is 0.839. The van der Waals surface area contributed by atoms with Crippen molar-refractivity contribution in [2.45, 2.75) is 62.8 Å². The van der Waals surface area contributed by atoms with Crippen molar-refractivity contribution in [2.75, 3.05) is 12.3 Å². The molecule has 6 heteroatoms. The standard InChI is InChI=1S/C14H24N2O3S/c1-10-11(2)20-8-7-16(10)13(19)15-14(9-12(17)18)5-3-4-6-14/h10-11H,3-9H2,1-2H3,(H,15,19)(H,17,18). The lowest BCUT2D eigenvalue weighted by Crippen LogP contribution is -2.57. The van der Waals surface area contributed by atoms with Gasteiger partial charge in [-0.05, 0) is 19.8 Å². The highest BCUT2D eigenvalue weighted by atomic mass is 32.2. The number of thioether (sulfide) groups is 1. The number of carbonyl (C=O) groups excluding carboxylic acids is 1. The Morgan fingerprint density at radius 2 is 2.00 bits per heavy atom. The molecule has 1 aliphatic carbocycles. The van der Waals surface area contributed by atoms with E-state index in [9.17, 15) is 9.59 Å². The van der Waals surface area contributed by atoms with Gasteiger partial charge in [0.25, 0.3) is 0 Å². The summed E-state index contributed by atoms with van der Waals surface area (Å²) < 4.78 is 0. The SMILES string of the molecule is CC1SCCN(C(=O)NC2(CC(=O)O)CCCC2)C1C. The van der Waals surface area contributed by atoms with E-state index in [-0.39, 0.29) is 18.5 Å². The molecule has 0 spiro atoms. The average molecular weight is 300 g/mol. The molecule has 20 heavy (non-hydrogen) atoms. The van der Waals surface area contributed by atoms with Crippen LogP contribution in [0.1, 0.15) is 46.0 Å². The highest BCUT2D eigenvalue weighted by Crippen LogP contribution is 2.33. The molecule has 0 bridgehead atoms. The Labute approximate surface area is 124 Å². The van der Waals surface area contributed by atoms with Gasteiger partial charge in [0, 0.05) is 23.6 Å². The normalized spacial score (nSPS) is 29.2. The third-order valence-electron chi connectivity index (χ3n) is 4.57. The number of rotatable bonds is 3. The molecule has 2 atom stereocenters. The fourth-order valence-electron chi connectivity index (χ4n) is 3.21. The van der Waals surface area contributed by atoms with Crippen molar-refractivity contribution >= 4 is 23.8 Å². The van der Waals surface area contributed by atoms with Crippen LogP contribution in [0.4, 0.5) is 4.79 Å². The lowest BCUT2D eigenvalue weighted by molar-refractivity contribution is -0.138. The van der Waals surface area contributed by atoms with Gasteiger partial charge in [0.2, 0.25) is 0 Å². The zero-order valence-corrected chi connectivity index (χ0v) is 13.0. The number of carbonyl (C=O) groups is 2. The highest BCUT2D eigenvalue weighted by molar-refractivity contribution is 8.00. The summed E-state index contributed by atoms with van der Waals surface area (Å²) in [5.41, 5.74) is -0.531. The van der Waals surface area contributed by atoms with E-state index in [4.69, 9.17) is 5.11 Å². The van der Waals surface area contributed by atoms with Crippen molar-refractivity contribution in [3.05, 3.63) is 0 Å². The van der Waals surface area contributed by atoms with Crippen LogP contribution in [0.15, 0.2) is 0 Å². The van der Waals surface area contributed by atoms with Gasteiger partial charge in [-0.3, -0.25) is 4.79 Å². The Bertz CT molecular complexity index is 383. The molecule has 0 radical (unpaired) electrons. The first-order valence-electron chi connectivity index (χ1n) is 7.36. The highest BCUT2D eigenvalue weighted by Gasteiger charge is 2.39. The van der Waals surface area contributed by atoms with Gasteiger partial charge in [0.15, 0.2) is 0 Å². The fraction of sp³-hybridized carbons (Fsp3) is 0.857. The molecule has 1 saturated carbocycles. The molecule has 114 valence electrons. The number of carboxylic acids is 1. The first kappa shape index (κ1) is 15.5. The molecule has 0 aromatic rings. The molecule has 1 aliphatic heterocycles. The number of amides is 2. The molecule has 2 N–H and O–H groups in total. The first-order valence-corrected chi connectivity index (χ1v) is 8.41. The van der Waals surface area contributed by atoms with Crippen LogP contribution in [-0.4, -0.2) is 51.1 Å². The van der Waals surface area contributed by atoms with Crippen molar-refractivity contribution in [3.63, 3.8) is 0 Å². The van der Waals surface area contributed by atoms with Crippen LogP contribution in [-0.2, 0) is 4.79 Å². The van der Waals surface area contributed by atoms with Gasteiger partial charge in [-0.15, -0.1) is 0 Å². The van der Waals surface area contributed by atoms with Crippen molar-refractivity contribution in [3.8, 4) is 0 Å². The van der Waals surface area contributed by atoms with Crippen LogP contribution in [0, 0.1) is 0 Å². The predicted molar refractivity (Wildman–Crippen MR) is 80.1 cm³/mol. The van der Waals surface area contributed by atoms with Crippen molar-refractivity contribution in [1.29, 1.82) is 0 Å². The maximum atomic E-state index is 12.5. The zero-order chi connectivity index (χ0) is 14.8. The minimum atomic E-state index is -0.831. The second kappa shape index (κ2) is 6.24. The third kappa shape index (κ3) is 3.40. The predicted octanol–water partition coefficient (Wildman–Crippen LogP) is 2.31. The Kier molecular flexibility index (Phi) is 4.83.